The van der Waals surface area contributed by atoms with Gasteiger partial charge in [-0.2, -0.15) is 0 Å². The van der Waals surface area contributed by atoms with Gasteiger partial charge < -0.3 is 24.5 Å². The Balaban J connectivity index is 1.87. The second-order valence-corrected chi connectivity index (χ2v) is 7.21. The first-order valence-corrected chi connectivity index (χ1v) is 9.44. The van der Waals surface area contributed by atoms with Crippen LogP contribution in [0.15, 0.2) is 48.2 Å². The number of benzene rings is 2. The molecule has 2 heterocycles. The summed E-state index contributed by atoms with van der Waals surface area (Å²) in [7, 11) is 3.17. The van der Waals surface area contributed by atoms with Gasteiger partial charge in [0.2, 0.25) is 0 Å². The zero-order chi connectivity index (χ0) is 20.8. The number of nitrogens with one attached hydrogen (secondary N) is 2. The van der Waals surface area contributed by atoms with Crippen LogP contribution in [0.25, 0.3) is 16.6 Å². The Hall–Kier alpha value is -3.48. The number of aromatic nitrogens is 2. The predicted octanol–water partition coefficient (Wildman–Crippen LogP) is 4.52. The van der Waals surface area contributed by atoms with E-state index in [1.165, 1.54) is 0 Å². The van der Waals surface area contributed by atoms with Gasteiger partial charge in [0.15, 0.2) is 0 Å². The number of H-pyrrole nitrogens is 1. The Morgan fingerprint density at radius 2 is 1.79 bits per heavy atom. The first-order valence-electron chi connectivity index (χ1n) is 9.44. The molecule has 7 heteroatoms. The van der Waals surface area contributed by atoms with Crippen molar-refractivity contribution in [3.05, 3.63) is 54.0 Å². The number of methoxy groups -OCH3 is 2. The lowest BCUT2D eigenvalue weighted by Gasteiger charge is -2.36. The number of anilines is 1. The molecule has 0 bridgehead atoms. The van der Waals surface area contributed by atoms with Crippen molar-refractivity contribution >= 4 is 28.1 Å². The number of aliphatic hydroxyl groups is 1. The smallest absolute Gasteiger partial charge is 0.145 e. The molecule has 0 saturated carbocycles. The van der Waals surface area contributed by atoms with E-state index in [4.69, 9.17) is 14.9 Å². The van der Waals surface area contributed by atoms with Gasteiger partial charge in [-0.25, -0.2) is 4.98 Å². The Morgan fingerprint density at radius 1 is 1.14 bits per heavy atom. The van der Waals surface area contributed by atoms with Crippen LogP contribution in [0.5, 0.6) is 11.5 Å². The van der Waals surface area contributed by atoms with Gasteiger partial charge in [-0.15, -0.1) is 0 Å². The second-order valence-electron chi connectivity index (χ2n) is 7.21. The molecule has 0 fully saturated rings. The number of aliphatic hydroxyl groups excluding tert-OH is 1. The third-order valence-corrected chi connectivity index (χ3v) is 5.61. The molecule has 1 aromatic heterocycles. The fourth-order valence-corrected chi connectivity index (χ4v) is 3.80. The fraction of sp³-hybridized carbons (Fsp3) is 0.273. The summed E-state index contributed by atoms with van der Waals surface area (Å²) >= 11 is 0. The number of nitrogens with zero attached hydrogens (tertiary/aromatic N) is 2. The minimum Gasteiger partial charge on any atom is -0.509 e. The molecule has 29 heavy (non-hydrogen) atoms. The normalized spacial score (nSPS) is 19.3. The summed E-state index contributed by atoms with van der Waals surface area (Å²) in [5, 5.41) is 20.1. The molecule has 1 aliphatic heterocycles. The molecule has 1 atom stereocenters. The van der Waals surface area contributed by atoms with Gasteiger partial charge in [0.05, 0.1) is 36.5 Å². The van der Waals surface area contributed by atoms with E-state index in [1.807, 2.05) is 50.2 Å². The number of aromatic amines is 1. The number of hydrogen-bond acceptors (Lipinski definition) is 5. The van der Waals surface area contributed by atoms with E-state index < -0.39 is 5.54 Å². The Kier molecular flexibility index (Phi) is 4.45. The molecule has 150 valence electrons. The van der Waals surface area contributed by atoms with Gasteiger partial charge in [-0.3, -0.25) is 5.41 Å². The number of fused-ring (bicyclic) bond motifs is 1. The summed E-state index contributed by atoms with van der Waals surface area (Å²) in [6, 6.07) is 13.1. The minimum atomic E-state index is -0.803. The minimum absolute atomic E-state index is 0.117. The van der Waals surface area contributed by atoms with Gasteiger partial charge >= 0.3 is 0 Å². The SMILES string of the molecule is CC[C@]1(C)C(O)=C(c2nc3ccccc3[nH]2)C(=N)N1c1cc(OC)cc(OC)c1. The third kappa shape index (κ3) is 2.81. The van der Waals surface area contributed by atoms with Crippen LogP contribution in [-0.2, 0) is 0 Å². The molecule has 3 N–H and O–H groups in total. The van der Waals surface area contributed by atoms with Crippen molar-refractivity contribution in [2.75, 3.05) is 19.1 Å². The number of hydrogen-bond donors (Lipinski definition) is 3. The molecule has 0 amide bonds. The average molecular weight is 392 g/mol. The highest BCUT2D eigenvalue weighted by Gasteiger charge is 2.48. The van der Waals surface area contributed by atoms with Gasteiger partial charge in [0, 0.05) is 18.2 Å². The van der Waals surface area contributed by atoms with Gasteiger partial charge in [0.1, 0.15) is 34.5 Å². The highest BCUT2D eigenvalue weighted by molar-refractivity contribution is 6.31. The summed E-state index contributed by atoms with van der Waals surface area (Å²) in [4.78, 5) is 9.63. The van der Waals surface area contributed by atoms with E-state index in [-0.39, 0.29) is 11.6 Å². The molecule has 0 aliphatic carbocycles. The average Bonchev–Trinajstić information content (AvgIpc) is 3.24. The van der Waals surface area contributed by atoms with Crippen molar-refractivity contribution in [3.8, 4) is 11.5 Å². The summed E-state index contributed by atoms with van der Waals surface area (Å²) < 4.78 is 10.8. The van der Waals surface area contributed by atoms with Crippen molar-refractivity contribution in [2.45, 2.75) is 25.8 Å². The quantitative estimate of drug-likeness (QED) is 0.594. The molecule has 7 nitrogen and oxygen atoms in total. The predicted molar refractivity (Wildman–Crippen MR) is 114 cm³/mol. The van der Waals surface area contributed by atoms with Crippen LogP contribution in [0.3, 0.4) is 0 Å². The monoisotopic (exact) mass is 392 g/mol. The largest absolute Gasteiger partial charge is 0.509 e. The molecule has 1 aliphatic rings. The molecule has 0 radical (unpaired) electrons. The topological polar surface area (TPSA) is 94.5 Å². The number of para-hydroxylation sites is 2. The van der Waals surface area contributed by atoms with Crippen molar-refractivity contribution in [3.63, 3.8) is 0 Å². The van der Waals surface area contributed by atoms with E-state index in [9.17, 15) is 5.11 Å². The molecule has 0 unspecified atom stereocenters. The van der Waals surface area contributed by atoms with Crippen LogP contribution in [0.4, 0.5) is 5.69 Å². The maximum atomic E-state index is 11.2. The molecular formula is C22H24N4O3. The van der Waals surface area contributed by atoms with Gasteiger partial charge in [-0.05, 0) is 25.5 Å². The maximum Gasteiger partial charge on any atom is 0.145 e. The summed E-state index contributed by atoms with van der Waals surface area (Å²) in [5.74, 6) is 1.99. The summed E-state index contributed by atoms with van der Waals surface area (Å²) in [6.45, 7) is 3.90. The van der Waals surface area contributed by atoms with Crippen LogP contribution >= 0.6 is 0 Å². The number of imidazole rings is 1. The van der Waals surface area contributed by atoms with E-state index >= 15 is 0 Å². The first-order chi connectivity index (χ1) is 13.9. The van der Waals surface area contributed by atoms with Crippen LogP contribution in [0, 0.1) is 5.41 Å². The number of amidine groups is 1. The molecule has 0 saturated heterocycles. The van der Waals surface area contributed by atoms with Crippen molar-refractivity contribution in [1.82, 2.24) is 9.97 Å². The maximum absolute atomic E-state index is 11.2. The second kappa shape index (κ2) is 6.84. The molecule has 0 spiro atoms. The van der Waals surface area contributed by atoms with Crippen LogP contribution in [-0.4, -0.2) is 40.7 Å². The lowest BCUT2D eigenvalue weighted by molar-refractivity contribution is 0.314. The molecule has 2 aromatic carbocycles. The highest BCUT2D eigenvalue weighted by Crippen LogP contribution is 2.45. The molecule has 4 rings (SSSR count). The summed E-state index contributed by atoms with van der Waals surface area (Å²) in [6.07, 6.45) is 0.588. The van der Waals surface area contributed by atoms with E-state index in [1.54, 1.807) is 25.2 Å². The van der Waals surface area contributed by atoms with Gasteiger partial charge in [-0.1, -0.05) is 19.1 Å². The van der Waals surface area contributed by atoms with Crippen LogP contribution in [0.1, 0.15) is 26.1 Å². The van der Waals surface area contributed by atoms with Crippen LogP contribution < -0.4 is 14.4 Å². The standard InChI is InChI=1S/C22H24N4O3/c1-5-22(2)19(27)18(21-24-16-8-6-7-9-17(16)25-21)20(23)26(22)13-10-14(28-3)12-15(11-13)29-4/h6-12,23,27H,5H2,1-4H3,(H,24,25)/t22-/m1/s1. The first kappa shape index (κ1) is 18.9. The lowest BCUT2D eigenvalue weighted by atomic mass is 9.95. The lowest BCUT2D eigenvalue weighted by Crippen LogP contribution is -2.45. The van der Waals surface area contributed by atoms with E-state index in [0.717, 1.165) is 11.0 Å². The van der Waals surface area contributed by atoms with Gasteiger partial charge in [0.25, 0.3) is 0 Å². The summed E-state index contributed by atoms with van der Waals surface area (Å²) in [5.41, 5.74) is 1.94. The van der Waals surface area contributed by atoms with Crippen molar-refractivity contribution in [2.24, 2.45) is 0 Å². The van der Waals surface area contributed by atoms with Crippen LogP contribution in [0.2, 0.25) is 0 Å². The number of rotatable bonds is 5. The van der Waals surface area contributed by atoms with E-state index in [2.05, 4.69) is 9.97 Å². The number of ether oxygens (including phenoxy) is 2. The fourth-order valence-electron chi connectivity index (χ4n) is 3.80. The van der Waals surface area contributed by atoms with Crippen molar-refractivity contribution < 1.29 is 14.6 Å². The zero-order valence-electron chi connectivity index (χ0n) is 16.9. The molecule has 3 aromatic rings. The molecular weight excluding hydrogens is 368 g/mol. The van der Waals surface area contributed by atoms with E-state index in [0.29, 0.717) is 35.0 Å². The highest BCUT2D eigenvalue weighted by atomic mass is 16.5. The Bertz CT molecular complexity index is 1080. The Morgan fingerprint density at radius 3 is 2.38 bits per heavy atom. The third-order valence-electron chi connectivity index (χ3n) is 5.61. The zero-order valence-corrected chi connectivity index (χ0v) is 16.9. The van der Waals surface area contributed by atoms with Crippen molar-refractivity contribution in [1.29, 1.82) is 5.41 Å². The Labute approximate surface area is 169 Å².